The monoisotopic (exact) mass is 670 g/mol. The Bertz CT molecular complexity index is 1360. The van der Waals surface area contributed by atoms with Gasteiger partial charge in [0.25, 0.3) is 5.91 Å². The van der Waals surface area contributed by atoms with Gasteiger partial charge in [-0.05, 0) is 97.7 Å². The van der Waals surface area contributed by atoms with Gasteiger partial charge in [0.1, 0.15) is 16.7 Å². The second-order valence-electron chi connectivity index (χ2n) is 13.8. The van der Waals surface area contributed by atoms with Gasteiger partial charge in [0.2, 0.25) is 0 Å². The highest BCUT2D eigenvalue weighted by atomic mass is 35.5. The number of rotatable bonds is 5. The highest BCUT2D eigenvalue weighted by Crippen LogP contribution is 2.43. The van der Waals surface area contributed by atoms with Crippen molar-refractivity contribution < 1.29 is 18.5 Å². The fraction of sp³-hybridized carbons (Fsp3) is 0.605. The van der Waals surface area contributed by atoms with Crippen LogP contribution in [0.15, 0.2) is 48.6 Å². The maximum atomic E-state index is 13.3. The molecule has 254 valence electrons. The molecule has 8 heteroatoms. The molecule has 2 heterocycles. The van der Waals surface area contributed by atoms with E-state index in [1.807, 2.05) is 25.1 Å². The van der Waals surface area contributed by atoms with Gasteiger partial charge in [0.05, 0.1) is 23.6 Å². The second kappa shape index (κ2) is 17.2. The summed E-state index contributed by atoms with van der Waals surface area (Å²) in [4.78, 5) is 15.7. The Labute approximate surface area is 285 Å². The zero-order chi connectivity index (χ0) is 33.4. The molecule has 2 aromatic carbocycles. The minimum atomic E-state index is -1.50. The van der Waals surface area contributed by atoms with Crippen LogP contribution in [0.5, 0.6) is 5.75 Å². The fourth-order valence-corrected chi connectivity index (χ4v) is 7.68. The lowest BCUT2D eigenvalue weighted by atomic mass is 9.70. The van der Waals surface area contributed by atoms with Crippen LogP contribution in [0.4, 0.5) is 5.69 Å². The van der Waals surface area contributed by atoms with Crippen molar-refractivity contribution in [3.8, 4) is 5.75 Å². The van der Waals surface area contributed by atoms with Crippen LogP contribution in [0.25, 0.3) is 0 Å². The lowest BCUT2D eigenvalue weighted by Gasteiger charge is -2.43. The van der Waals surface area contributed by atoms with Gasteiger partial charge in [-0.1, -0.05) is 77.3 Å². The van der Waals surface area contributed by atoms with Crippen LogP contribution < -0.4 is 14.4 Å². The van der Waals surface area contributed by atoms with E-state index in [4.69, 9.17) is 21.1 Å². The molecular weight excluding hydrogens is 616 g/mol. The van der Waals surface area contributed by atoms with Gasteiger partial charge in [0, 0.05) is 36.7 Å². The van der Waals surface area contributed by atoms with Crippen LogP contribution in [0.2, 0.25) is 5.02 Å². The molecule has 1 amide bonds. The van der Waals surface area contributed by atoms with Crippen LogP contribution in [0.3, 0.4) is 0 Å². The molecule has 0 radical (unpaired) electrons. The zero-order valence-electron chi connectivity index (χ0n) is 28.9. The molecule has 6 nitrogen and oxygen atoms in total. The molecule has 3 aliphatic rings. The Morgan fingerprint density at radius 3 is 2.52 bits per heavy atom. The fourth-order valence-electron chi connectivity index (χ4n) is 6.46. The number of fused-ring (bicyclic) bond motifs is 2. The number of hydrogen-bond acceptors (Lipinski definition) is 5. The summed E-state index contributed by atoms with van der Waals surface area (Å²) in [5, 5.41) is 0.569. The Kier molecular flexibility index (Phi) is 13.6. The first kappa shape index (κ1) is 36.5. The maximum absolute atomic E-state index is 13.3. The predicted molar refractivity (Wildman–Crippen MR) is 192 cm³/mol. The minimum absolute atomic E-state index is 0.0478. The lowest BCUT2D eigenvalue weighted by Crippen LogP contribution is -2.44. The number of ether oxygens (including phenoxy) is 2. The quantitative estimate of drug-likeness (QED) is 0.322. The molecule has 0 aromatic heterocycles. The van der Waals surface area contributed by atoms with E-state index in [1.165, 1.54) is 17.5 Å². The van der Waals surface area contributed by atoms with Crippen LogP contribution in [0, 0.1) is 23.7 Å². The van der Waals surface area contributed by atoms with Gasteiger partial charge in [-0.15, -0.1) is 0 Å². The summed E-state index contributed by atoms with van der Waals surface area (Å²) in [5.41, 5.74) is 3.95. The van der Waals surface area contributed by atoms with E-state index in [-0.39, 0.29) is 29.1 Å². The minimum Gasteiger partial charge on any atom is -0.491 e. The average molecular weight is 671 g/mol. The number of amides is 1. The first-order valence-corrected chi connectivity index (χ1v) is 18.9. The van der Waals surface area contributed by atoms with Crippen LogP contribution in [-0.4, -0.2) is 48.3 Å². The smallest absolute Gasteiger partial charge is 0.263 e. The number of nitrogens with one attached hydrogen (secondary N) is 1. The Morgan fingerprint density at radius 2 is 1.87 bits per heavy atom. The zero-order valence-corrected chi connectivity index (χ0v) is 30.5. The number of allylic oxidation sites excluding steroid dienone is 1. The van der Waals surface area contributed by atoms with E-state index in [1.54, 1.807) is 13.2 Å². The normalized spacial score (nSPS) is 28.8. The summed E-state index contributed by atoms with van der Waals surface area (Å²) in [6.45, 7) is 15.0. The molecule has 7 atom stereocenters. The number of aryl methyl sites for hydroxylation is 1. The molecule has 2 aromatic rings. The van der Waals surface area contributed by atoms with Gasteiger partial charge < -0.3 is 14.4 Å². The summed E-state index contributed by atoms with van der Waals surface area (Å²) < 4.78 is 28.3. The maximum Gasteiger partial charge on any atom is 0.263 e. The molecule has 7 unspecified atom stereocenters. The Hall–Kier alpha value is -2.35. The number of hydrogen-bond donors (Lipinski definition) is 1. The second-order valence-corrected chi connectivity index (χ2v) is 15.7. The SMILES string of the molecule is CCC(C)C.CCCc1cc(Cl)ccc1C1COc2ccc3cc2N(C1)CC1CCC1C(OC)/C=C/CC(C)C(C)S(=O)NC3=O. The number of halogens is 1. The first-order valence-electron chi connectivity index (χ1n) is 17.3. The number of benzene rings is 2. The van der Waals surface area contributed by atoms with Crippen molar-refractivity contribution in [2.75, 3.05) is 31.7 Å². The molecule has 1 fully saturated rings. The van der Waals surface area contributed by atoms with E-state index < -0.39 is 11.0 Å². The summed E-state index contributed by atoms with van der Waals surface area (Å²) in [6, 6.07) is 11.8. The number of nitrogens with zero attached hydrogens (tertiary/aromatic N) is 1. The topological polar surface area (TPSA) is 67.9 Å². The molecule has 2 aliphatic heterocycles. The third-order valence-corrected chi connectivity index (χ3v) is 11.9. The number of carbonyl (C=O) groups is 1. The largest absolute Gasteiger partial charge is 0.491 e. The third kappa shape index (κ3) is 9.17. The van der Waals surface area contributed by atoms with E-state index in [0.717, 1.165) is 67.6 Å². The molecule has 0 spiro atoms. The molecule has 1 aliphatic carbocycles. The molecule has 1 N–H and O–H groups in total. The number of carbonyl (C=O) groups excluding carboxylic acids is 1. The summed E-state index contributed by atoms with van der Waals surface area (Å²) >= 11 is 6.40. The molecular formula is C38H55ClN2O4S. The molecule has 46 heavy (non-hydrogen) atoms. The van der Waals surface area contributed by atoms with Gasteiger partial charge in [-0.3, -0.25) is 9.52 Å². The van der Waals surface area contributed by atoms with Crippen LogP contribution in [0.1, 0.15) is 101 Å². The molecule has 2 bridgehead atoms. The van der Waals surface area contributed by atoms with E-state index in [0.29, 0.717) is 24.0 Å². The molecule has 1 saturated carbocycles. The van der Waals surface area contributed by atoms with E-state index >= 15 is 0 Å². The standard InChI is InChI=1S/C33H43ClN2O4S.C5H12/c1-5-7-23-16-27(34)12-14-28(23)26-19-36-18-25-10-13-29(25)31(39-4)9-6-8-21(2)22(3)41(38)35-33(37)24-11-15-32(40-20-26)30(36)17-24;1-4-5(2)3/h6,9,11-12,14-17,21-22,25-26,29,31H,5,7-8,10,13,18-20H2,1-4H3,(H,35,37);5H,4H2,1-3H3/b9-6+;. The summed E-state index contributed by atoms with van der Waals surface area (Å²) in [6.07, 6.45) is 10.8. The van der Waals surface area contributed by atoms with Crippen molar-refractivity contribution in [1.29, 1.82) is 0 Å². The van der Waals surface area contributed by atoms with Crippen molar-refractivity contribution in [3.63, 3.8) is 0 Å². The van der Waals surface area contributed by atoms with Crippen molar-refractivity contribution in [1.82, 2.24) is 4.72 Å². The van der Waals surface area contributed by atoms with Crippen molar-refractivity contribution in [3.05, 3.63) is 70.3 Å². The van der Waals surface area contributed by atoms with Gasteiger partial charge >= 0.3 is 0 Å². The van der Waals surface area contributed by atoms with Gasteiger partial charge in [-0.2, -0.15) is 0 Å². The van der Waals surface area contributed by atoms with Crippen molar-refractivity contribution in [2.24, 2.45) is 23.7 Å². The Morgan fingerprint density at radius 1 is 1.11 bits per heavy atom. The van der Waals surface area contributed by atoms with Gasteiger partial charge in [0.15, 0.2) is 0 Å². The predicted octanol–water partition coefficient (Wildman–Crippen LogP) is 8.75. The first-order chi connectivity index (χ1) is 22.1. The number of anilines is 1. The highest BCUT2D eigenvalue weighted by Gasteiger charge is 2.39. The molecule has 5 rings (SSSR count). The lowest BCUT2D eigenvalue weighted by molar-refractivity contribution is 0.0134. The average Bonchev–Trinajstić information content (AvgIpc) is 3.21. The molecule has 0 saturated heterocycles. The third-order valence-electron chi connectivity index (χ3n) is 10.1. The summed E-state index contributed by atoms with van der Waals surface area (Å²) in [7, 11) is 0.296. The number of methoxy groups -OCH3 is 1. The summed E-state index contributed by atoms with van der Waals surface area (Å²) in [5.74, 6) is 2.52. The van der Waals surface area contributed by atoms with Crippen LogP contribution >= 0.6 is 11.6 Å². The van der Waals surface area contributed by atoms with Crippen LogP contribution in [-0.2, 0) is 22.1 Å². The van der Waals surface area contributed by atoms with E-state index in [2.05, 4.69) is 68.5 Å². The van der Waals surface area contributed by atoms with Crippen molar-refractivity contribution >= 4 is 34.2 Å². The van der Waals surface area contributed by atoms with Gasteiger partial charge in [-0.25, -0.2) is 4.21 Å². The Balaban J connectivity index is 0.000000892. The van der Waals surface area contributed by atoms with Crippen molar-refractivity contribution in [2.45, 2.75) is 97.3 Å². The van der Waals surface area contributed by atoms with E-state index in [9.17, 15) is 9.00 Å². The highest BCUT2D eigenvalue weighted by molar-refractivity contribution is 7.84.